The van der Waals surface area contributed by atoms with Crippen molar-refractivity contribution < 1.29 is 0 Å². The zero-order chi connectivity index (χ0) is 12.3. The van der Waals surface area contributed by atoms with Crippen molar-refractivity contribution in [3.05, 3.63) is 24.0 Å². The summed E-state index contributed by atoms with van der Waals surface area (Å²) >= 11 is 5.04. The quantitative estimate of drug-likeness (QED) is 0.831. The van der Waals surface area contributed by atoms with Gasteiger partial charge in [-0.3, -0.25) is 0 Å². The molecule has 1 aromatic rings. The molecule has 2 N–H and O–H groups in total. The largest absolute Gasteiger partial charge is 0.388 e. The molecule has 2 rings (SSSR count). The van der Waals surface area contributed by atoms with Gasteiger partial charge in [0, 0.05) is 18.8 Å². The summed E-state index contributed by atoms with van der Waals surface area (Å²) in [4.78, 5) is 2.97. The monoisotopic (exact) mass is 251 g/mol. The van der Waals surface area contributed by atoms with Crippen molar-refractivity contribution in [2.45, 2.75) is 38.3 Å². The zero-order valence-electron chi connectivity index (χ0n) is 10.4. The van der Waals surface area contributed by atoms with Crippen LogP contribution < -0.4 is 5.73 Å². The summed E-state index contributed by atoms with van der Waals surface area (Å²) in [5, 5.41) is 0. The number of aromatic nitrogens is 1. The molecule has 2 heterocycles. The van der Waals surface area contributed by atoms with E-state index in [1.807, 2.05) is 12.1 Å². The highest BCUT2D eigenvalue weighted by atomic mass is 32.1. The molecule has 0 bridgehead atoms. The fourth-order valence-electron chi connectivity index (χ4n) is 2.63. The minimum Gasteiger partial charge on any atom is -0.388 e. The van der Waals surface area contributed by atoms with E-state index in [1.54, 1.807) is 0 Å². The van der Waals surface area contributed by atoms with Gasteiger partial charge in [-0.1, -0.05) is 18.6 Å². The molecular formula is C13H21N3S. The number of aryl methyl sites for hydroxylation is 1. The lowest BCUT2D eigenvalue weighted by atomic mass is 10.0. The van der Waals surface area contributed by atoms with E-state index in [1.165, 1.54) is 32.2 Å². The van der Waals surface area contributed by atoms with Crippen LogP contribution in [0.2, 0.25) is 0 Å². The Kier molecular flexibility index (Phi) is 4.18. The third-order valence-corrected chi connectivity index (χ3v) is 3.92. The van der Waals surface area contributed by atoms with Crippen LogP contribution in [0.25, 0.3) is 0 Å². The smallest absolute Gasteiger partial charge is 0.120 e. The summed E-state index contributed by atoms with van der Waals surface area (Å²) < 4.78 is 2.17. The van der Waals surface area contributed by atoms with Crippen molar-refractivity contribution in [1.29, 1.82) is 0 Å². The lowest BCUT2D eigenvalue weighted by Crippen LogP contribution is -2.37. The maximum atomic E-state index is 5.70. The summed E-state index contributed by atoms with van der Waals surface area (Å²) in [5.74, 6) is 0. The van der Waals surface area contributed by atoms with Crippen LogP contribution in [-0.4, -0.2) is 34.1 Å². The van der Waals surface area contributed by atoms with Crippen molar-refractivity contribution >= 4 is 17.2 Å². The van der Waals surface area contributed by atoms with E-state index in [9.17, 15) is 0 Å². The van der Waals surface area contributed by atoms with Gasteiger partial charge >= 0.3 is 0 Å². The lowest BCUT2D eigenvalue weighted by Gasteiger charge is -2.32. The topological polar surface area (TPSA) is 34.2 Å². The molecular weight excluding hydrogens is 230 g/mol. The van der Waals surface area contributed by atoms with Gasteiger partial charge in [-0.15, -0.1) is 0 Å². The molecule has 0 aliphatic carbocycles. The summed E-state index contributed by atoms with van der Waals surface area (Å²) in [5.41, 5.74) is 6.68. The van der Waals surface area contributed by atoms with Crippen LogP contribution in [0.5, 0.6) is 0 Å². The summed E-state index contributed by atoms with van der Waals surface area (Å²) in [6.45, 7) is 2.24. The molecule has 0 saturated carbocycles. The van der Waals surface area contributed by atoms with E-state index in [4.69, 9.17) is 18.0 Å². The van der Waals surface area contributed by atoms with Gasteiger partial charge in [0.25, 0.3) is 0 Å². The van der Waals surface area contributed by atoms with E-state index in [-0.39, 0.29) is 0 Å². The molecule has 0 aromatic carbocycles. The third-order valence-electron chi connectivity index (χ3n) is 3.71. The second-order valence-corrected chi connectivity index (χ2v) is 5.31. The average molecular weight is 251 g/mol. The van der Waals surface area contributed by atoms with Crippen LogP contribution in [0, 0.1) is 0 Å². The first kappa shape index (κ1) is 12.6. The van der Waals surface area contributed by atoms with Crippen LogP contribution in [0.3, 0.4) is 0 Å². The minimum absolute atomic E-state index is 0.493. The Morgan fingerprint density at radius 1 is 1.53 bits per heavy atom. The molecule has 1 unspecified atom stereocenters. The number of piperidine rings is 1. The van der Waals surface area contributed by atoms with Gasteiger partial charge in [-0.2, -0.15) is 0 Å². The molecule has 3 nitrogen and oxygen atoms in total. The molecule has 94 valence electrons. The van der Waals surface area contributed by atoms with Crippen LogP contribution in [0.15, 0.2) is 18.3 Å². The van der Waals surface area contributed by atoms with Gasteiger partial charge in [0.2, 0.25) is 0 Å². The number of rotatable bonds is 4. The average Bonchev–Trinajstić information content (AvgIpc) is 2.76. The number of nitrogens with two attached hydrogens (primary N) is 1. The molecule has 1 aliphatic rings. The Labute approximate surface area is 109 Å². The summed E-state index contributed by atoms with van der Waals surface area (Å²) in [6.07, 6.45) is 7.27. The van der Waals surface area contributed by atoms with E-state index in [0.29, 0.717) is 11.0 Å². The van der Waals surface area contributed by atoms with Gasteiger partial charge in [-0.25, -0.2) is 0 Å². The molecule has 1 saturated heterocycles. The molecule has 0 amide bonds. The predicted octanol–water partition coefficient (Wildman–Crippen LogP) is 2.00. The van der Waals surface area contributed by atoms with Crippen LogP contribution in [0.1, 0.15) is 31.4 Å². The van der Waals surface area contributed by atoms with Crippen molar-refractivity contribution in [2.24, 2.45) is 5.73 Å². The fraction of sp³-hybridized carbons (Fsp3) is 0.615. The molecule has 1 atom stereocenters. The molecule has 0 radical (unpaired) electrons. The fourth-order valence-corrected chi connectivity index (χ4v) is 2.82. The maximum Gasteiger partial charge on any atom is 0.120 e. The number of thiocarbonyl (C=S) groups is 1. The lowest BCUT2D eigenvalue weighted by molar-refractivity contribution is 0.171. The van der Waals surface area contributed by atoms with Gasteiger partial charge in [0.1, 0.15) is 4.99 Å². The maximum absolute atomic E-state index is 5.70. The highest BCUT2D eigenvalue weighted by Gasteiger charge is 2.18. The van der Waals surface area contributed by atoms with E-state index < -0.39 is 0 Å². The normalized spacial score (nSPS) is 21.6. The highest BCUT2D eigenvalue weighted by Crippen LogP contribution is 2.18. The molecule has 1 fully saturated rings. The van der Waals surface area contributed by atoms with Crippen molar-refractivity contribution in [3.63, 3.8) is 0 Å². The van der Waals surface area contributed by atoms with Crippen molar-refractivity contribution in [2.75, 3.05) is 13.6 Å². The van der Waals surface area contributed by atoms with E-state index in [0.717, 1.165) is 12.2 Å². The molecule has 4 heteroatoms. The van der Waals surface area contributed by atoms with Gasteiger partial charge in [-0.05, 0) is 45.0 Å². The van der Waals surface area contributed by atoms with Crippen molar-refractivity contribution in [1.82, 2.24) is 9.47 Å². The third kappa shape index (κ3) is 3.07. The number of likely N-dealkylation sites (tertiary alicyclic amines) is 1. The Morgan fingerprint density at radius 2 is 2.35 bits per heavy atom. The van der Waals surface area contributed by atoms with Crippen LogP contribution in [-0.2, 0) is 6.54 Å². The Morgan fingerprint density at radius 3 is 3.06 bits per heavy atom. The Balaban J connectivity index is 1.92. The highest BCUT2D eigenvalue weighted by molar-refractivity contribution is 7.80. The first-order valence-corrected chi connectivity index (χ1v) is 6.74. The predicted molar refractivity (Wildman–Crippen MR) is 75.2 cm³/mol. The Hall–Kier alpha value is -0.870. The second-order valence-electron chi connectivity index (χ2n) is 4.87. The number of hydrogen-bond donors (Lipinski definition) is 1. The number of hydrogen-bond acceptors (Lipinski definition) is 2. The van der Waals surface area contributed by atoms with Gasteiger partial charge < -0.3 is 15.2 Å². The number of nitrogens with zero attached hydrogens (tertiary/aromatic N) is 2. The zero-order valence-corrected chi connectivity index (χ0v) is 11.2. The SMILES string of the molecule is CN1CCCCC1CCn1cccc1C(N)=S. The molecule has 17 heavy (non-hydrogen) atoms. The molecule has 1 aromatic heterocycles. The van der Waals surface area contributed by atoms with Crippen LogP contribution in [0.4, 0.5) is 0 Å². The second kappa shape index (κ2) is 5.65. The summed E-state index contributed by atoms with van der Waals surface area (Å²) in [6, 6.07) is 4.72. The first-order valence-electron chi connectivity index (χ1n) is 6.33. The van der Waals surface area contributed by atoms with Gasteiger partial charge in [0.15, 0.2) is 0 Å². The summed E-state index contributed by atoms with van der Waals surface area (Å²) in [7, 11) is 2.23. The standard InChI is InChI=1S/C13H21N3S/c1-15-8-3-2-5-11(15)7-10-16-9-4-6-12(16)13(14)17/h4,6,9,11H,2-3,5,7-8,10H2,1H3,(H2,14,17). The molecule has 0 spiro atoms. The first-order chi connectivity index (χ1) is 8.18. The van der Waals surface area contributed by atoms with E-state index >= 15 is 0 Å². The van der Waals surface area contributed by atoms with E-state index in [2.05, 4.69) is 22.7 Å². The molecule has 1 aliphatic heterocycles. The van der Waals surface area contributed by atoms with Crippen molar-refractivity contribution in [3.8, 4) is 0 Å². The Bertz CT molecular complexity index is 386. The minimum atomic E-state index is 0.493. The van der Waals surface area contributed by atoms with Crippen LogP contribution >= 0.6 is 12.2 Å². The van der Waals surface area contributed by atoms with Gasteiger partial charge in [0.05, 0.1) is 5.69 Å².